The van der Waals surface area contributed by atoms with Crippen LogP contribution in [0.5, 0.6) is 0 Å². The van der Waals surface area contributed by atoms with Gasteiger partial charge in [0.1, 0.15) is 5.69 Å². The van der Waals surface area contributed by atoms with Gasteiger partial charge in [-0.25, -0.2) is 0 Å². The Morgan fingerprint density at radius 3 is 2.95 bits per heavy atom. The van der Waals surface area contributed by atoms with Crippen LogP contribution in [-0.2, 0) is 11.3 Å². The van der Waals surface area contributed by atoms with Crippen LogP contribution in [0.15, 0.2) is 6.20 Å². The van der Waals surface area contributed by atoms with Crippen molar-refractivity contribution >= 4 is 11.6 Å². The van der Waals surface area contributed by atoms with Crippen molar-refractivity contribution in [3.05, 3.63) is 11.9 Å². The van der Waals surface area contributed by atoms with Crippen molar-refractivity contribution in [3.63, 3.8) is 0 Å². The van der Waals surface area contributed by atoms with Gasteiger partial charge < -0.3 is 15.8 Å². The molecule has 19 heavy (non-hydrogen) atoms. The molecule has 0 aromatic carbocycles. The van der Waals surface area contributed by atoms with E-state index in [0.29, 0.717) is 24.5 Å². The first kappa shape index (κ1) is 13.9. The predicted octanol–water partition coefficient (Wildman–Crippen LogP) is 1.03. The van der Waals surface area contributed by atoms with Crippen LogP contribution in [0.4, 0.5) is 5.69 Å². The first-order valence-corrected chi connectivity index (χ1v) is 6.70. The van der Waals surface area contributed by atoms with Crippen molar-refractivity contribution < 1.29 is 9.53 Å². The normalized spacial score (nSPS) is 16.3. The molecular weight excluding hydrogens is 244 g/mol. The number of hydrogen-bond acceptors (Lipinski definition) is 4. The number of nitrogens with two attached hydrogens (primary N) is 1. The number of anilines is 1. The van der Waals surface area contributed by atoms with Crippen LogP contribution in [0, 0.1) is 5.41 Å². The molecule has 1 heterocycles. The van der Waals surface area contributed by atoms with Crippen LogP contribution in [-0.4, -0.2) is 35.9 Å². The molecule has 106 valence electrons. The summed E-state index contributed by atoms with van der Waals surface area (Å²) in [5.74, 6) is -0.138. The van der Waals surface area contributed by atoms with Gasteiger partial charge in [-0.3, -0.25) is 9.48 Å². The molecule has 6 heteroatoms. The topological polar surface area (TPSA) is 82.2 Å². The maximum atomic E-state index is 12.2. The fraction of sp³-hybridized carbons (Fsp3) is 0.692. The van der Waals surface area contributed by atoms with Crippen molar-refractivity contribution in [2.75, 3.05) is 26.0 Å². The summed E-state index contributed by atoms with van der Waals surface area (Å²) in [6.07, 6.45) is 4.82. The summed E-state index contributed by atoms with van der Waals surface area (Å²) >= 11 is 0. The van der Waals surface area contributed by atoms with Gasteiger partial charge in [0.2, 0.25) is 0 Å². The number of amides is 1. The van der Waals surface area contributed by atoms with E-state index in [2.05, 4.69) is 10.4 Å². The van der Waals surface area contributed by atoms with Gasteiger partial charge >= 0.3 is 0 Å². The Morgan fingerprint density at radius 2 is 2.37 bits per heavy atom. The van der Waals surface area contributed by atoms with E-state index < -0.39 is 0 Å². The van der Waals surface area contributed by atoms with E-state index in [9.17, 15) is 4.79 Å². The van der Waals surface area contributed by atoms with Crippen LogP contribution < -0.4 is 11.1 Å². The SMILES string of the molecule is CCn1ncc(N)c1C(=O)NCC1(CCOC)CC1. The summed E-state index contributed by atoms with van der Waals surface area (Å²) in [7, 11) is 1.70. The molecule has 1 saturated carbocycles. The number of aryl methyl sites for hydroxylation is 1. The lowest BCUT2D eigenvalue weighted by Crippen LogP contribution is -2.32. The minimum atomic E-state index is -0.138. The Kier molecular flexibility index (Phi) is 4.09. The Labute approximate surface area is 113 Å². The lowest BCUT2D eigenvalue weighted by molar-refractivity contribution is 0.0928. The molecule has 0 unspecified atom stereocenters. The number of nitrogen functional groups attached to an aromatic ring is 1. The molecule has 3 N–H and O–H groups in total. The van der Waals surface area contributed by atoms with Crippen LogP contribution in [0.25, 0.3) is 0 Å². The molecule has 1 fully saturated rings. The molecule has 0 aliphatic heterocycles. The smallest absolute Gasteiger partial charge is 0.271 e. The monoisotopic (exact) mass is 266 g/mol. The number of ether oxygens (including phenoxy) is 1. The second-order valence-corrected chi connectivity index (χ2v) is 5.19. The molecule has 1 aromatic rings. The van der Waals surface area contributed by atoms with E-state index in [0.717, 1.165) is 25.9 Å². The van der Waals surface area contributed by atoms with E-state index >= 15 is 0 Å². The standard InChI is InChI=1S/C13H22N4O2/c1-3-17-11(10(14)8-16-17)12(18)15-9-13(4-5-13)6-7-19-2/h8H,3-7,9,14H2,1-2H3,(H,15,18). The van der Waals surface area contributed by atoms with Gasteiger partial charge in [0.15, 0.2) is 0 Å². The maximum Gasteiger partial charge on any atom is 0.271 e. The number of hydrogen-bond donors (Lipinski definition) is 2. The highest BCUT2D eigenvalue weighted by molar-refractivity contribution is 5.97. The Hall–Kier alpha value is -1.56. The average molecular weight is 266 g/mol. The molecule has 0 spiro atoms. The van der Waals surface area contributed by atoms with E-state index in [1.165, 1.54) is 6.20 Å². The minimum absolute atomic E-state index is 0.138. The fourth-order valence-electron chi connectivity index (χ4n) is 2.25. The lowest BCUT2D eigenvalue weighted by Gasteiger charge is -2.15. The van der Waals surface area contributed by atoms with E-state index in [4.69, 9.17) is 10.5 Å². The molecular formula is C13H22N4O2. The maximum absolute atomic E-state index is 12.2. The summed E-state index contributed by atoms with van der Waals surface area (Å²) in [5.41, 5.74) is 6.92. The summed E-state index contributed by atoms with van der Waals surface area (Å²) in [6.45, 7) is 3.99. The van der Waals surface area contributed by atoms with Gasteiger partial charge in [-0.05, 0) is 31.6 Å². The molecule has 1 aliphatic carbocycles. The molecule has 0 radical (unpaired) electrons. The number of carbonyl (C=O) groups is 1. The number of nitrogens with zero attached hydrogens (tertiary/aromatic N) is 2. The summed E-state index contributed by atoms with van der Waals surface area (Å²) < 4.78 is 6.73. The zero-order valence-electron chi connectivity index (χ0n) is 11.6. The quantitative estimate of drug-likeness (QED) is 0.772. The number of carbonyl (C=O) groups excluding carboxylic acids is 1. The molecule has 1 aliphatic rings. The highest BCUT2D eigenvalue weighted by atomic mass is 16.5. The van der Waals surface area contributed by atoms with Crippen molar-refractivity contribution in [1.29, 1.82) is 0 Å². The summed E-state index contributed by atoms with van der Waals surface area (Å²) in [6, 6.07) is 0. The highest BCUT2D eigenvalue weighted by Crippen LogP contribution is 2.48. The Bertz CT molecular complexity index is 451. The largest absolute Gasteiger partial charge is 0.396 e. The lowest BCUT2D eigenvalue weighted by atomic mass is 10.0. The fourth-order valence-corrected chi connectivity index (χ4v) is 2.25. The second kappa shape index (κ2) is 5.61. The molecule has 2 rings (SSSR count). The van der Waals surface area contributed by atoms with Crippen molar-refractivity contribution in [1.82, 2.24) is 15.1 Å². The van der Waals surface area contributed by atoms with Gasteiger partial charge in [0.25, 0.3) is 5.91 Å². The number of rotatable bonds is 7. The van der Waals surface area contributed by atoms with E-state index in [1.54, 1.807) is 11.8 Å². The van der Waals surface area contributed by atoms with Crippen molar-refractivity contribution in [3.8, 4) is 0 Å². The van der Waals surface area contributed by atoms with Gasteiger partial charge in [-0.15, -0.1) is 0 Å². The van der Waals surface area contributed by atoms with Crippen LogP contribution in [0.2, 0.25) is 0 Å². The summed E-state index contributed by atoms with van der Waals surface area (Å²) in [4.78, 5) is 12.2. The van der Waals surface area contributed by atoms with E-state index in [1.807, 2.05) is 6.92 Å². The summed E-state index contributed by atoms with van der Waals surface area (Å²) in [5, 5.41) is 7.05. The van der Waals surface area contributed by atoms with Gasteiger partial charge in [-0.1, -0.05) is 0 Å². The number of methoxy groups -OCH3 is 1. The average Bonchev–Trinajstić information content (AvgIpc) is 3.09. The molecule has 1 aromatic heterocycles. The molecule has 0 saturated heterocycles. The van der Waals surface area contributed by atoms with E-state index in [-0.39, 0.29) is 11.3 Å². The van der Waals surface area contributed by atoms with Gasteiger partial charge in [0, 0.05) is 26.8 Å². The van der Waals surface area contributed by atoms with Crippen LogP contribution in [0.1, 0.15) is 36.7 Å². The zero-order valence-corrected chi connectivity index (χ0v) is 11.6. The molecule has 0 bridgehead atoms. The zero-order chi connectivity index (χ0) is 13.9. The Morgan fingerprint density at radius 1 is 1.63 bits per heavy atom. The van der Waals surface area contributed by atoms with Gasteiger partial charge in [-0.2, -0.15) is 5.10 Å². The first-order chi connectivity index (χ1) is 9.12. The number of nitrogens with one attached hydrogen (secondary N) is 1. The minimum Gasteiger partial charge on any atom is -0.396 e. The second-order valence-electron chi connectivity index (χ2n) is 5.19. The third kappa shape index (κ3) is 3.07. The first-order valence-electron chi connectivity index (χ1n) is 6.70. The van der Waals surface area contributed by atoms with Crippen molar-refractivity contribution in [2.45, 2.75) is 32.7 Å². The molecule has 1 amide bonds. The van der Waals surface area contributed by atoms with Crippen LogP contribution in [0.3, 0.4) is 0 Å². The third-order valence-electron chi connectivity index (χ3n) is 3.80. The highest BCUT2D eigenvalue weighted by Gasteiger charge is 2.42. The van der Waals surface area contributed by atoms with Crippen molar-refractivity contribution in [2.24, 2.45) is 5.41 Å². The number of aromatic nitrogens is 2. The predicted molar refractivity (Wildman–Crippen MR) is 72.8 cm³/mol. The molecule has 6 nitrogen and oxygen atoms in total. The van der Waals surface area contributed by atoms with Gasteiger partial charge in [0.05, 0.1) is 11.9 Å². The third-order valence-corrected chi connectivity index (χ3v) is 3.80. The van der Waals surface area contributed by atoms with Crippen LogP contribution >= 0.6 is 0 Å². The molecule has 0 atom stereocenters. The Balaban J connectivity index is 1.93.